The van der Waals surface area contributed by atoms with Gasteiger partial charge in [0.05, 0.1) is 0 Å². The molecule has 1 aromatic carbocycles. The van der Waals surface area contributed by atoms with Crippen LogP contribution >= 0.6 is 0 Å². The summed E-state index contributed by atoms with van der Waals surface area (Å²) in [5, 5.41) is 0. The molecule has 0 atom stereocenters. The molecule has 98 valence electrons. The van der Waals surface area contributed by atoms with Crippen LogP contribution in [0, 0.1) is 0 Å². The highest BCUT2D eigenvalue weighted by atomic mass is 16.1. The van der Waals surface area contributed by atoms with Gasteiger partial charge in [-0.25, -0.2) is 0 Å². The van der Waals surface area contributed by atoms with Crippen LogP contribution < -0.4 is 0 Å². The molecule has 0 spiro atoms. The van der Waals surface area contributed by atoms with E-state index in [0.717, 1.165) is 31.0 Å². The molecule has 18 heavy (non-hydrogen) atoms. The van der Waals surface area contributed by atoms with Crippen LogP contribution in [0.15, 0.2) is 18.2 Å². The van der Waals surface area contributed by atoms with Gasteiger partial charge in [-0.15, -0.1) is 0 Å². The van der Waals surface area contributed by atoms with Gasteiger partial charge < -0.3 is 0 Å². The van der Waals surface area contributed by atoms with E-state index in [9.17, 15) is 9.59 Å². The number of aryl methyl sites for hydroxylation is 1. The number of carbonyl (C=O) groups excluding carboxylic acids is 2. The van der Waals surface area contributed by atoms with E-state index in [2.05, 4.69) is 6.92 Å². The fourth-order valence-corrected chi connectivity index (χ4v) is 2.19. The summed E-state index contributed by atoms with van der Waals surface area (Å²) in [7, 11) is 0. The van der Waals surface area contributed by atoms with Gasteiger partial charge >= 0.3 is 0 Å². The summed E-state index contributed by atoms with van der Waals surface area (Å²) in [5.74, 6) is 0. The molecule has 0 saturated carbocycles. The quantitative estimate of drug-likeness (QED) is 0.483. The Hall–Kier alpha value is -1.44. The fraction of sp³-hybridized carbons (Fsp3) is 0.500. The van der Waals surface area contributed by atoms with Crippen molar-refractivity contribution >= 4 is 12.6 Å². The van der Waals surface area contributed by atoms with Gasteiger partial charge in [0.2, 0.25) is 0 Å². The Kier molecular flexibility index (Phi) is 7.00. The van der Waals surface area contributed by atoms with E-state index in [0.29, 0.717) is 11.1 Å². The first-order valence-electron chi connectivity index (χ1n) is 6.85. The van der Waals surface area contributed by atoms with Crippen LogP contribution in [-0.2, 0) is 6.42 Å². The molecule has 0 bridgehead atoms. The maximum Gasteiger partial charge on any atom is 0.151 e. The van der Waals surface area contributed by atoms with Gasteiger partial charge in [-0.3, -0.25) is 9.59 Å². The standard InChI is InChI=1S/C16H22O2/c1-2-3-4-5-6-7-9-14-10-8-11-15(12-17)16(14)13-18/h8,10-13H,2-7,9H2,1H3. The van der Waals surface area contributed by atoms with Crippen LogP contribution in [0.5, 0.6) is 0 Å². The molecule has 2 heteroatoms. The number of unbranched alkanes of at least 4 members (excludes halogenated alkanes) is 5. The topological polar surface area (TPSA) is 34.1 Å². The third-order valence-corrected chi connectivity index (χ3v) is 3.27. The second-order valence-electron chi connectivity index (χ2n) is 4.67. The first-order chi connectivity index (χ1) is 8.83. The number of hydrogen-bond donors (Lipinski definition) is 0. The molecule has 0 radical (unpaired) electrons. The summed E-state index contributed by atoms with van der Waals surface area (Å²) >= 11 is 0. The Balaban J connectivity index is 2.46. The fourth-order valence-electron chi connectivity index (χ4n) is 2.19. The van der Waals surface area contributed by atoms with Crippen LogP contribution in [0.1, 0.15) is 71.7 Å². The molecule has 0 heterocycles. The molecule has 0 fully saturated rings. The van der Waals surface area contributed by atoms with Gasteiger partial charge in [-0.2, -0.15) is 0 Å². The number of rotatable bonds is 9. The average molecular weight is 246 g/mol. The van der Waals surface area contributed by atoms with Crippen molar-refractivity contribution < 1.29 is 9.59 Å². The summed E-state index contributed by atoms with van der Waals surface area (Å²) in [5.41, 5.74) is 2.08. The summed E-state index contributed by atoms with van der Waals surface area (Å²) in [4.78, 5) is 21.8. The van der Waals surface area contributed by atoms with E-state index < -0.39 is 0 Å². The molecule has 0 saturated heterocycles. The average Bonchev–Trinajstić information content (AvgIpc) is 2.42. The molecule has 0 aliphatic carbocycles. The third-order valence-electron chi connectivity index (χ3n) is 3.27. The minimum absolute atomic E-state index is 0.508. The lowest BCUT2D eigenvalue weighted by molar-refractivity contribution is 0.109. The molecule has 1 rings (SSSR count). The van der Waals surface area contributed by atoms with E-state index in [1.807, 2.05) is 12.1 Å². The predicted octanol–water partition coefficient (Wildman–Crippen LogP) is 4.21. The van der Waals surface area contributed by atoms with E-state index in [1.165, 1.54) is 32.1 Å². The summed E-state index contributed by atoms with van der Waals surface area (Å²) < 4.78 is 0. The number of benzene rings is 1. The zero-order valence-electron chi connectivity index (χ0n) is 11.2. The molecular formula is C16H22O2. The molecule has 0 aliphatic rings. The number of hydrogen-bond acceptors (Lipinski definition) is 2. The minimum atomic E-state index is 0.508. The molecule has 1 aromatic rings. The Morgan fingerprint density at radius 3 is 2.33 bits per heavy atom. The number of carbonyl (C=O) groups is 2. The van der Waals surface area contributed by atoms with Crippen LogP contribution in [0.3, 0.4) is 0 Å². The lowest BCUT2D eigenvalue weighted by atomic mass is 9.97. The molecule has 0 unspecified atom stereocenters. The Morgan fingerprint density at radius 2 is 1.67 bits per heavy atom. The van der Waals surface area contributed by atoms with Gasteiger partial charge in [0, 0.05) is 11.1 Å². The smallest absolute Gasteiger partial charge is 0.151 e. The van der Waals surface area contributed by atoms with Crippen molar-refractivity contribution in [2.24, 2.45) is 0 Å². The normalized spacial score (nSPS) is 10.3. The van der Waals surface area contributed by atoms with E-state index in [1.54, 1.807) is 6.07 Å². The Morgan fingerprint density at radius 1 is 0.944 bits per heavy atom. The lowest BCUT2D eigenvalue weighted by Gasteiger charge is -2.06. The highest BCUT2D eigenvalue weighted by Crippen LogP contribution is 2.15. The Bertz CT molecular complexity index is 383. The maximum atomic E-state index is 11.0. The van der Waals surface area contributed by atoms with Crippen LogP contribution in [0.4, 0.5) is 0 Å². The van der Waals surface area contributed by atoms with Gasteiger partial charge in [-0.05, 0) is 18.4 Å². The van der Waals surface area contributed by atoms with Crippen molar-refractivity contribution in [2.75, 3.05) is 0 Å². The molecule has 0 amide bonds. The van der Waals surface area contributed by atoms with E-state index in [4.69, 9.17) is 0 Å². The largest absolute Gasteiger partial charge is 0.298 e. The lowest BCUT2D eigenvalue weighted by Crippen LogP contribution is -1.98. The highest BCUT2D eigenvalue weighted by molar-refractivity contribution is 5.91. The van der Waals surface area contributed by atoms with Crippen molar-refractivity contribution in [2.45, 2.75) is 51.9 Å². The van der Waals surface area contributed by atoms with Gasteiger partial charge in [-0.1, -0.05) is 57.2 Å². The first kappa shape index (κ1) is 14.6. The maximum absolute atomic E-state index is 11.0. The minimum Gasteiger partial charge on any atom is -0.298 e. The third kappa shape index (κ3) is 4.44. The molecule has 2 nitrogen and oxygen atoms in total. The van der Waals surface area contributed by atoms with Crippen molar-refractivity contribution in [1.29, 1.82) is 0 Å². The van der Waals surface area contributed by atoms with Crippen LogP contribution in [-0.4, -0.2) is 12.6 Å². The monoisotopic (exact) mass is 246 g/mol. The second-order valence-corrected chi connectivity index (χ2v) is 4.67. The second kappa shape index (κ2) is 8.62. The highest BCUT2D eigenvalue weighted by Gasteiger charge is 2.06. The zero-order valence-corrected chi connectivity index (χ0v) is 11.2. The van der Waals surface area contributed by atoms with Gasteiger partial charge in [0.1, 0.15) is 0 Å². The molecule has 0 N–H and O–H groups in total. The summed E-state index contributed by atoms with van der Waals surface area (Å²) in [6, 6.07) is 5.49. The van der Waals surface area contributed by atoms with Crippen LogP contribution in [0.2, 0.25) is 0 Å². The van der Waals surface area contributed by atoms with Crippen molar-refractivity contribution in [3.05, 3.63) is 34.9 Å². The van der Waals surface area contributed by atoms with Crippen molar-refractivity contribution in [3.63, 3.8) is 0 Å². The summed E-state index contributed by atoms with van der Waals surface area (Å²) in [6.07, 6.45) is 9.86. The van der Waals surface area contributed by atoms with Crippen molar-refractivity contribution in [1.82, 2.24) is 0 Å². The molecule has 0 aliphatic heterocycles. The zero-order chi connectivity index (χ0) is 13.2. The van der Waals surface area contributed by atoms with Gasteiger partial charge in [0.25, 0.3) is 0 Å². The van der Waals surface area contributed by atoms with Crippen molar-refractivity contribution in [3.8, 4) is 0 Å². The first-order valence-corrected chi connectivity index (χ1v) is 6.85. The number of aldehydes is 2. The Labute approximate surface area is 109 Å². The van der Waals surface area contributed by atoms with Crippen LogP contribution in [0.25, 0.3) is 0 Å². The summed E-state index contributed by atoms with van der Waals surface area (Å²) in [6.45, 7) is 2.21. The van der Waals surface area contributed by atoms with Gasteiger partial charge in [0.15, 0.2) is 12.6 Å². The SMILES string of the molecule is CCCCCCCCc1cccc(C=O)c1C=O. The molecular weight excluding hydrogens is 224 g/mol. The molecule has 0 aromatic heterocycles. The van der Waals surface area contributed by atoms with E-state index >= 15 is 0 Å². The predicted molar refractivity (Wildman–Crippen MR) is 74.3 cm³/mol. The van der Waals surface area contributed by atoms with E-state index in [-0.39, 0.29) is 0 Å².